The van der Waals surface area contributed by atoms with Crippen molar-refractivity contribution >= 4 is 5.82 Å². The maximum Gasteiger partial charge on any atom is 0.152 e. The molecule has 11 heavy (non-hydrogen) atoms. The highest BCUT2D eigenvalue weighted by Gasteiger charge is 2.05. The summed E-state index contributed by atoms with van der Waals surface area (Å²) in [5, 5.41) is 9.91. The Morgan fingerprint density at radius 3 is 2.91 bits per heavy atom. The third kappa shape index (κ3) is 0.861. The fraction of sp³-hybridized carbons (Fsp3) is 0. The Labute approximate surface area is 62.6 Å². The summed E-state index contributed by atoms with van der Waals surface area (Å²) in [4.78, 5) is 2.98. The van der Waals surface area contributed by atoms with Crippen LogP contribution in [0.4, 0.5) is 5.82 Å². The summed E-state index contributed by atoms with van der Waals surface area (Å²) < 4.78 is 0. The molecule has 2 rings (SSSR count). The molecule has 56 valence electrons. The van der Waals surface area contributed by atoms with Crippen LogP contribution in [0.15, 0.2) is 18.3 Å². The minimum Gasteiger partial charge on any atom is -0.382 e. The normalized spacial score (nSPS) is 10.2. The molecule has 0 saturated carbocycles. The number of nitrogens with zero attached hydrogens (tertiary/aromatic N) is 2. The van der Waals surface area contributed by atoms with Crippen LogP contribution in [0.5, 0.6) is 0 Å². The number of rotatable bonds is 1. The Kier molecular flexibility index (Phi) is 1.15. The molecular weight excluding hydrogens is 142 g/mol. The molecule has 2 aromatic rings. The number of hydrogen-bond donors (Lipinski definition) is 3. The number of nitrogens with one attached hydrogen (secondary N) is 2. The second-order valence-electron chi connectivity index (χ2n) is 2.16. The van der Waals surface area contributed by atoms with E-state index in [1.807, 2.05) is 18.3 Å². The molecule has 5 heteroatoms. The molecule has 0 aromatic carbocycles. The SMILES string of the molecule is Nc1[nH]nnc1-c1ccc[nH]1. The Bertz CT molecular complexity index is 333. The molecule has 2 aromatic heterocycles. The van der Waals surface area contributed by atoms with Crippen LogP contribution < -0.4 is 5.73 Å². The number of hydrogen-bond acceptors (Lipinski definition) is 3. The van der Waals surface area contributed by atoms with E-state index in [0.717, 1.165) is 5.69 Å². The minimum absolute atomic E-state index is 0.479. The number of anilines is 1. The van der Waals surface area contributed by atoms with E-state index in [0.29, 0.717) is 11.5 Å². The zero-order valence-electron chi connectivity index (χ0n) is 5.70. The summed E-state index contributed by atoms with van der Waals surface area (Å²) >= 11 is 0. The van der Waals surface area contributed by atoms with Gasteiger partial charge in [-0.2, -0.15) is 0 Å². The molecule has 0 aliphatic heterocycles. The van der Waals surface area contributed by atoms with Gasteiger partial charge in [0, 0.05) is 6.20 Å². The molecule has 0 atom stereocenters. The lowest BCUT2D eigenvalue weighted by Crippen LogP contribution is -1.87. The molecule has 0 radical (unpaired) electrons. The minimum atomic E-state index is 0.479. The predicted molar refractivity (Wildman–Crippen MR) is 40.6 cm³/mol. The zero-order chi connectivity index (χ0) is 7.68. The smallest absolute Gasteiger partial charge is 0.152 e. The van der Waals surface area contributed by atoms with Crippen molar-refractivity contribution in [1.29, 1.82) is 0 Å². The van der Waals surface area contributed by atoms with E-state index in [2.05, 4.69) is 20.4 Å². The van der Waals surface area contributed by atoms with E-state index in [9.17, 15) is 0 Å². The highest BCUT2D eigenvalue weighted by atomic mass is 15.3. The Hall–Kier alpha value is -1.78. The van der Waals surface area contributed by atoms with Gasteiger partial charge in [-0.05, 0) is 12.1 Å². The summed E-state index contributed by atoms with van der Waals surface area (Å²) in [5.41, 5.74) is 7.06. The summed E-state index contributed by atoms with van der Waals surface area (Å²) in [6, 6.07) is 3.76. The van der Waals surface area contributed by atoms with Crippen LogP contribution in [0, 0.1) is 0 Å². The van der Waals surface area contributed by atoms with E-state index in [1.165, 1.54) is 0 Å². The van der Waals surface area contributed by atoms with Gasteiger partial charge >= 0.3 is 0 Å². The van der Waals surface area contributed by atoms with Gasteiger partial charge in [0.2, 0.25) is 0 Å². The second kappa shape index (κ2) is 2.12. The lowest BCUT2D eigenvalue weighted by molar-refractivity contribution is 0.944. The molecule has 0 unspecified atom stereocenters. The Morgan fingerprint density at radius 2 is 2.36 bits per heavy atom. The van der Waals surface area contributed by atoms with Crippen molar-refractivity contribution in [2.24, 2.45) is 0 Å². The van der Waals surface area contributed by atoms with Crippen LogP contribution in [0.2, 0.25) is 0 Å². The summed E-state index contributed by atoms with van der Waals surface area (Å²) in [6.45, 7) is 0. The van der Waals surface area contributed by atoms with Crippen LogP contribution in [0.25, 0.3) is 11.4 Å². The van der Waals surface area contributed by atoms with E-state index in [4.69, 9.17) is 5.73 Å². The van der Waals surface area contributed by atoms with E-state index >= 15 is 0 Å². The van der Waals surface area contributed by atoms with Crippen LogP contribution in [0.1, 0.15) is 0 Å². The molecule has 5 nitrogen and oxygen atoms in total. The fourth-order valence-electron chi connectivity index (χ4n) is 0.912. The van der Waals surface area contributed by atoms with Crippen molar-refractivity contribution in [3.05, 3.63) is 18.3 Å². The molecule has 0 spiro atoms. The third-order valence-electron chi connectivity index (χ3n) is 1.43. The van der Waals surface area contributed by atoms with Gasteiger partial charge in [0.05, 0.1) is 5.69 Å². The summed E-state index contributed by atoms with van der Waals surface area (Å²) in [5.74, 6) is 0.479. The molecular formula is C6H7N5. The molecule has 0 saturated heterocycles. The van der Waals surface area contributed by atoms with Gasteiger partial charge in [-0.25, -0.2) is 5.10 Å². The lowest BCUT2D eigenvalue weighted by Gasteiger charge is -1.89. The van der Waals surface area contributed by atoms with Crippen molar-refractivity contribution in [1.82, 2.24) is 20.4 Å². The number of nitrogens with two attached hydrogens (primary N) is 1. The average molecular weight is 149 g/mol. The van der Waals surface area contributed by atoms with Crippen molar-refractivity contribution in [3.8, 4) is 11.4 Å². The summed E-state index contributed by atoms with van der Waals surface area (Å²) in [6.07, 6.45) is 1.81. The molecule has 0 aliphatic carbocycles. The van der Waals surface area contributed by atoms with Crippen molar-refractivity contribution < 1.29 is 0 Å². The fourth-order valence-corrected chi connectivity index (χ4v) is 0.912. The third-order valence-corrected chi connectivity index (χ3v) is 1.43. The first kappa shape index (κ1) is 5.96. The molecule has 2 heterocycles. The molecule has 0 bridgehead atoms. The van der Waals surface area contributed by atoms with Crippen LogP contribution in [-0.2, 0) is 0 Å². The Morgan fingerprint density at radius 1 is 1.45 bits per heavy atom. The zero-order valence-corrected chi connectivity index (χ0v) is 5.70. The maximum absolute atomic E-state index is 5.53. The van der Waals surface area contributed by atoms with Gasteiger partial charge in [0.25, 0.3) is 0 Å². The van der Waals surface area contributed by atoms with Crippen LogP contribution >= 0.6 is 0 Å². The molecule has 0 fully saturated rings. The molecule has 4 N–H and O–H groups in total. The topological polar surface area (TPSA) is 83.4 Å². The van der Waals surface area contributed by atoms with Crippen molar-refractivity contribution in [2.45, 2.75) is 0 Å². The van der Waals surface area contributed by atoms with Gasteiger partial charge < -0.3 is 10.7 Å². The number of aromatic nitrogens is 4. The van der Waals surface area contributed by atoms with Gasteiger partial charge in [-0.3, -0.25) is 0 Å². The maximum atomic E-state index is 5.53. The van der Waals surface area contributed by atoms with Gasteiger partial charge in [0.15, 0.2) is 5.69 Å². The van der Waals surface area contributed by atoms with Crippen molar-refractivity contribution in [3.63, 3.8) is 0 Å². The summed E-state index contributed by atoms with van der Waals surface area (Å²) in [7, 11) is 0. The lowest BCUT2D eigenvalue weighted by atomic mass is 10.3. The Balaban J connectivity index is 2.53. The van der Waals surface area contributed by atoms with E-state index < -0.39 is 0 Å². The standard InChI is InChI=1S/C6H7N5/c7-6-5(9-11-10-6)4-2-1-3-8-4/h1-3,8H,(H3,7,9,10,11). The quantitative estimate of drug-likeness (QED) is 0.548. The monoisotopic (exact) mass is 149 g/mol. The van der Waals surface area contributed by atoms with E-state index in [-0.39, 0.29) is 0 Å². The average Bonchev–Trinajstić information content (AvgIpc) is 2.55. The highest BCUT2D eigenvalue weighted by Crippen LogP contribution is 2.17. The predicted octanol–water partition coefficient (Wildman–Crippen LogP) is 0.382. The van der Waals surface area contributed by atoms with Gasteiger partial charge in [-0.15, -0.1) is 5.10 Å². The first-order valence-corrected chi connectivity index (χ1v) is 3.18. The largest absolute Gasteiger partial charge is 0.382 e. The first-order valence-electron chi connectivity index (χ1n) is 3.18. The number of H-pyrrole nitrogens is 2. The highest BCUT2D eigenvalue weighted by molar-refractivity contribution is 5.65. The van der Waals surface area contributed by atoms with E-state index in [1.54, 1.807) is 0 Å². The first-order chi connectivity index (χ1) is 5.38. The second-order valence-corrected chi connectivity index (χ2v) is 2.16. The molecule has 0 aliphatic rings. The van der Waals surface area contributed by atoms with Crippen LogP contribution in [0.3, 0.4) is 0 Å². The molecule has 0 amide bonds. The van der Waals surface area contributed by atoms with Crippen LogP contribution in [-0.4, -0.2) is 20.4 Å². The van der Waals surface area contributed by atoms with Gasteiger partial charge in [-0.1, -0.05) is 5.21 Å². The number of nitrogen functional groups attached to an aromatic ring is 1. The van der Waals surface area contributed by atoms with Crippen molar-refractivity contribution in [2.75, 3.05) is 5.73 Å². The van der Waals surface area contributed by atoms with Gasteiger partial charge in [0.1, 0.15) is 5.82 Å². The number of aromatic amines is 2.